The van der Waals surface area contributed by atoms with Crippen molar-refractivity contribution >= 4 is 11.5 Å². The first kappa shape index (κ1) is 25.5. The Morgan fingerprint density at radius 2 is 1.74 bits per heavy atom. The van der Waals surface area contributed by atoms with Crippen molar-refractivity contribution in [2.24, 2.45) is 0 Å². The molecule has 1 unspecified atom stereocenters. The first-order valence-electron chi connectivity index (χ1n) is 13.0. The van der Waals surface area contributed by atoms with Crippen molar-refractivity contribution in [3.8, 4) is 28.3 Å². The molecule has 6 nitrogen and oxygen atoms in total. The fraction of sp³-hybridized carbons (Fsp3) is 0.250. The van der Waals surface area contributed by atoms with Gasteiger partial charge in [0.15, 0.2) is 12.4 Å². The van der Waals surface area contributed by atoms with Gasteiger partial charge in [-0.2, -0.15) is 0 Å². The van der Waals surface area contributed by atoms with Crippen LogP contribution in [0.1, 0.15) is 37.6 Å². The van der Waals surface area contributed by atoms with Crippen LogP contribution in [0.15, 0.2) is 95.4 Å². The molecule has 4 aromatic rings. The number of rotatable bonds is 9. The zero-order valence-electron chi connectivity index (χ0n) is 21.4. The summed E-state index contributed by atoms with van der Waals surface area (Å²) in [5.41, 5.74) is 3.05. The molecule has 194 valence electrons. The number of benzene rings is 3. The number of oxazole rings is 1. The molecule has 38 heavy (non-hydrogen) atoms. The highest BCUT2D eigenvalue weighted by Gasteiger charge is 2.38. The van der Waals surface area contributed by atoms with Gasteiger partial charge in [-0.05, 0) is 43.9 Å². The molecule has 6 heteroatoms. The molecule has 1 aliphatic carbocycles. The van der Waals surface area contributed by atoms with Crippen LogP contribution in [0.2, 0.25) is 0 Å². The van der Waals surface area contributed by atoms with Crippen LogP contribution in [-0.4, -0.2) is 34.9 Å². The third-order valence-corrected chi connectivity index (χ3v) is 6.64. The van der Waals surface area contributed by atoms with E-state index >= 15 is 0 Å². The average molecular weight is 510 g/mol. The third kappa shape index (κ3) is 5.71. The molecule has 1 heterocycles. The third-order valence-electron chi connectivity index (χ3n) is 6.64. The van der Waals surface area contributed by atoms with Crippen LogP contribution in [-0.2, 0) is 16.0 Å². The van der Waals surface area contributed by atoms with Crippen LogP contribution in [0.4, 0.5) is 0 Å². The van der Waals surface area contributed by atoms with Crippen molar-refractivity contribution in [2.75, 3.05) is 13.2 Å². The van der Waals surface area contributed by atoms with E-state index < -0.39 is 11.6 Å². The molecule has 0 fully saturated rings. The smallest absolute Gasteiger partial charge is 0.344 e. The van der Waals surface area contributed by atoms with Gasteiger partial charge < -0.3 is 19.0 Å². The molecule has 0 aliphatic heterocycles. The van der Waals surface area contributed by atoms with E-state index in [2.05, 4.69) is 0 Å². The van der Waals surface area contributed by atoms with Crippen LogP contribution in [0.5, 0.6) is 5.75 Å². The molecule has 3 aromatic carbocycles. The molecule has 0 spiro atoms. The topological polar surface area (TPSA) is 81.8 Å². The zero-order chi connectivity index (χ0) is 26.4. The number of aromatic nitrogens is 1. The van der Waals surface area contributed by atoms with Crippen LogP contribution in [0.25, 0.3) is 28.2 Å². The number of ether oxygens (including phenoxy) is 2. The maximum atomic E-state index is 12.0. The largest absolute Gasteiger partial charge is 0.482 e. The van der Waals surface area contributed by atoms with Crippen LogP contribution >= 0.6 is 0 Å². The Bertz CT molecular complexity index is 1350. The number of hydrogen-bond donors (Lipinski definition) is 1. The lowest BCUT2D eigenvalue weighted by atomic mass is 9.78. The van der Waals surface area contributed by atoms with Crippen LogP contribution in [0, 0.1) is 0 Å². The molecule has 1 atom stereocenters. The normalized spacial score (nSPS) is 17.1. The maximum absolute atomic E-state index is 12.0. The van der Waals surface area contributed by atoms with Crippen molar-refractivity contribution < 1.29 is 23.8 Å². The fourth-order valence-corrected chi connectivity index (χ4v) is 4.88. The molecule has 1 aromatic heterocycles. The summed E-state index contributed by atoms with van der Waals surface area (Å²) in [6.07, 6.45) is 4.68. The molecule has 0 saturated carbocycles. The minimum atomic E-state index is -1.16. The number of aliphatic hydroxyl groups is 1. The van der Waals surface area contributed by atoms with Gasteiger partial charge in [0.2, 0.25) is 5.89 Å². The minimum Gasteiger partial charge on any atom is -0.482 e. The molecule has 5 rings (SSSR count). The van der Waals surface area contributed by atoms with E-state index in [9.17, 15) is 9.90 Å². The van der Waals surface area contributed by atoms with Gasteiger partial charge in [0, 0.05) is 23.1 Å². The number of nitrogens with zero attached hydrogens (tertiary/aromatic N) is 1. The Hall–Kier alpha value is -4.16. The predicted octanol–water partition coefficient (Wildman–Crippen LogP) is 6.49. The van der Waals surface area contributed by atoms with Gasteiger partial charge in [0.25, 0.3) is 0 Å². The summed E-state index contributed by atoms with van der Waals surface area (Å²) in [4.78, 5) is 16.6. The van der Waals surface area contributed by atoms with E-state index in [1.165, 1.54) is 0 Å². The van der Waals surface area contributed by atoms with Gasteiger partial charge in [-0.3, -0.25) is 0 Å². The molecule has 0 amide bonds. The highest BCUT2D eigenvalue weighted by molar-refractivity contribution is 5.80. The molecular formula is C32H31NO5. The van der Waals surface area contributed by atoms with Crippen molar-refractivity contribution in [3.05, 3.63) is 102 Å². The van der Waals surface area contributed by atoms with E-state index in [4.69, 9.17) is 18.9 Å². The minimum absolute atomic E-state index is 0.159. The van der Waals surface area contributed by atoms with E-state index in [0.29, 0.717) is 42.4 Å². The highest BCUT2D eigenvalue weighted by atomic mass is 16.6. The number of hydrogen-bond acceptors (Lipinski definition) is 6. The molecule has 0 saturated heterocycles. The Kier molecular flexibility index (Phi) is 7.70. The van der Waals surface area contributed by atoms with E-state index in [-0.39, 0.29) is 6.61 Å². The van der Waals surface area contributed by atoms with Crippen molar-refractivity contribution in [1.29, 1.82) is 0 Å². The summed E-state index contributed by atoms with van der Waals surface area (Å²) in [6, 6.07) is 27.3. The van der Waals surface area contributed by atoms with E-state index in [1.807, 2.05) is 84.9 Å². The lowest BCUT2D eigenvalue weighted by Crippen LogP contribution is -2.35. The summed E-state index contributed by atoms with van der Waals surface area (Å²) in [6.45, 7) is 1.91. The Labute approximate surface area is 222 Å². The first-order chi connectivity index (χ1) is 18.6. The first-order valence-corrected chi connectivity index (χ1v) is 13.0. The van der Waals surface area contributed by atoms with Crippen LogP contribution < -0.4 is 4.74 Å². The molecule has 0 radical (unpaired) electrons. The number of carbonyl (C=O) groups is 1. The molecule has 1 N–H and O–H groups in total. The Morgan fingerprint density at radius 3 is 2.47 bits per heavy atom. The second kappa shape index (κ2) is 11.5. The highest BCUT2D eigenvalue weighted by Crippen LogP contribution is 2.42. The quantitative estimate of drug-likeness (QED) is 0.260. The SMILES string of the molecule is CCOC(=O)COc1cccc(CC2(O)CCCC=C2c2nc(-c3ccccc3)c(-c3ccccc3)o2)c1. The summed E-state index contributed by atoms with van der Waals surface area (Å²) < 4.78 is 17.0. The van der Waals surface area contributed by atoms with E-state index in [1.54, 1.807) is 13.0 Å². The average Bonchev–Trinajstić information content (AvgIpc) is 3.38. The van der Waals surface area contributed by atoms with E-state index in [0.717, 1.165) is 35.2 Å². The lowest BCUT2D eigenvalue weighted by molar-refractivity contribution is -0.145. The molecule has 0 bridgehead atoms. The summed E-state index contributed by atoms with van der Waals surface area (Å²) >= 11 is 0. The van der Waals surface area contributed by atoms with Gasteiger partial charge in [-0.15, -0.1) is 0 Å². The second-order valence-corrected chi connectivity index (χ2v) is 9.39. The second-order valence-electron chi connectivity index (χ2n) is 9.39. The zero-order valence-corrected chi connectivity index (χ0v) is 21.4. The summed E-state index contributed by atoms with van der Waals surface area (Å²) in [5, 5.41) is 12.0. The van der Waals surface area contributed by atoms with Gasteiger partial charge >= 0.3 is 5.97 Å². The number of esters is 1. The van der Waals surface area contributed by atoms with Crippen molar-refractivity contribution in [1.82, 2.24) is 4.98 Å². The van der Waals surface area contributed by atoms with Gasteiger partial charge in [-0.25, -0.2) is 9.78 Å². The Balaban J connectivity index is 1.46. The van der Waals surface area contributed by atoms with Crippen LogP contribution in [0.3, 0.4) is 0 Å². The Morgan fingerprint density at radius 1 is 1.00 bits per heavy atom. The van der Waals surface area contributed by atoms with Crippen molar-refractivity contribution in [2.45, 2.75) is 38.2 Å². The van der Waals surface area contributed by atoms with Gasteiger partial charge in [0.05, 0.1) is 12.2 Å². The standard InChI is InChI=1S/C32H31NO5/c1-2-36-28(34)22-37-26-17-11-12-23(20-26)21-32(35)19-10-9-18-27(32)31-33-29(24-13-5-3-6-14-24)30(38-31)25-15-7-4-8-16-25/h3-8,11-18,20,35H,2,9-10,19,21-22H2,1H3. The summed E-state index contributed by atoms with van der Waals surface area (Å²) in [7, 11) is 0. The maximum Gasteiger partial charge on any atom is 0.344 e. The molecule has 1 aliphatic rings. The lowest BCUT2D eigenvalue weighted by Gasteiger charge is -2.32. The predicted molar refractivity (Wildman–Crippen MR) is 146 cm³/mol. The fourth-order valence-electron chi connectivity index (χ4n) is 4.88. The van der Waals surface area contributed by atoms with Gasteiger partial charge in [0.1, 0.15) is 11.4 Å². The summed E-state index contributed by atoms with van der Waals surface area (Å²) in [5.74, 6) is 1.24. The van der Waals surface area contributed by atoms with Gasteiger partial charge in [-0.1, -0.05) is 78.9 Å². The number of allylic oxidation sites excluding steroid dienone is 1. The molecular weight excluding hydrogens is 478 g/mol. The monoisotopic (exact) mass is 509 g/mol. The van der Waals surface area contributed by atoms with Crippen molar-refractivity contribution in [3.63, 3.8) is 0 Å². The number of carbonyl (C=O) groups excluding carboxylic acids is 1.